The maximum Gasteiger partial charge on any atom is 0.346 e. The van der Waals surface area contributed by atoms with Crippen LogP contribution in [0.25, 0.3) is 6.08 Å². The monoisotopic (exact) mass is 486 g/mol. The minimum Gasteiger partial charge on any atom is -0.423 e. The fraction of sp³-hybridized carbons (Fsp3) is 0.0952. The van der Waals surface area contributed by atoms with Gasteiger partial charge in [-0.05, 0) is 47.7 Å². The Kier molecular flexibility index (Phi) is 5.95. The van der Waals surface area contributed by atoms with E-state index in [0.717, 1.165) is 22.8 Å². The number of amides is 1. The summed E-state index contributed by atoms with van der Waals surface area (Å²) in [6, 6.07) is 11.4. The number of benzene rings is 2. The number of halogens is 1. The molecule has 0 fully saturated rings. The maximum absolute atomic E-state index is 13.7. The number of hydrogen-bond donors (Lipinski definition) is 1. The third-order valence-electron chi connectivity index (χ3n) is 4.58. The van der Waals surface area contributed by atoms with E-state index in [2.05, 4.69) is 10.1 Å². The highest BCUT2D eigenvalue weighted by molar-refractivity contribution is 8.42. The highest BCUT2D eigenvalue weighted by atomic mass is 32.3. The molecule has 1 N–H and O–H groups in total. The number of ether oxygens (including phenoxy) is 1. The molecular weight excluding hydrogens is 471 g/mol. The Balaban J connectivity index is 1.54. The van der Waals surface area contributed by atoms with Gasteiger partial charge in [-0.3, -0.25) is 10.2 Å². The number of fused-ring (bicyclic) bond motifs is 1. The number of nitrogens with zero attached hydrogens (tertiary/aromatic N) is 3. The van der Waals surface area contributed by atoms with E-state index in [4.69, 9.17) is 10.1 Å². The summed E-state index contributed by atoms with van der Waals surface area (Å²) in [4.78, 5) is 28.4. The molecular formula is C21H15FN4O5S2. The number of carbonyl (C=O) groups excluding carboxylic acids is 2. The number of thioether (sulfide) groups is 1. The number of hydrogen-bond acceptors (Lipinski definition) is 8. The predicted octanol–water partition coefficient (Wildman–Crippen LogP) is 3.06. The molecule has 168 valence electrons. The number of aliphatic imine (C=N–C) groups is 1. The van der Waals surface area contributed by atoms with Gasteiger partial charge >= 0.3 is 5.97 Å². The van der Waals surface area contributed by atoms with Crippen LogP contribution in [0.5, 0.6) is 5.75 Å². The van der Waals surface area contributed by atoms with Gasteiger partial charge in [-0.15, -0.1) is 5.10 Å². The van der Waals surface area contributed by atoms with Gasteiger partial charge in [0, 0.05) is 0 Å². The van der Waals surface area contributed by atoms with Crippen molar-refractivity contribution in [3.05, 3.63) is 71.0 Å². The zero-order chi connectivity index (χ0) is 23.8. The van der Waals surface area contributed by atoms with E-state index in [0.29, 0.717) is 5.56 Å². The van der Waals surface area contributed by atoms with Crippen molar-refractivity contribution in [1.29, 1.82) is 5.41 Å². The minimum absolute atomic E-state index is 0.00424. The molecule has 0 radical (unpaired) electrons. The van der Waals surface area contributed by atoms with Gasteiger partial charge in [0.2, 0.25) is 19.4 Å². The second kappa shape index (κ2) is 8.71. The smallest absolute Gasteiger partial charge is 0.346 e. The molecule has 0 bridgehead atoms. The summed E-state index contributed by atoms with van der Waals surface area (Å²) in [5.41, 5.74) is 0.200. The zero-order valence-electron chi connectivity index (χ0n) is 17.0. The number of nitrogens with one attached hydrogen (secondary N) is 1. The molecule has 2 aliphatic heterocycles. The Hall–Kier alpha value is -3.64. The highest BCUT2D eigenvalue weighted by Gasteiger charge is 2.39. The molecule has 0 saturated heterocycles. The summed E-state index contributed by atoms with van der Waals surface area (Å²) in [6.45, 7) is 1.47. The molecule has 0 aliphatic carbocycles. The molecule has 4 rings (SSSR count). The molecule has 0 spiro atoms. The lowest BCUT2D eigenvalue weighted by molar-refractivity contribution is -0.114. The largest absolute Gasteiger partial charge is 0.423 e. The summed E-state index contributed by atoms with van der Waals surface area (Å²) in [7, 11) is -3.61. The third kappa shape index (κ3) is 4.47. The van der Waals surface area contributed by atoms with Crippen LogP contribution in [0, 0.1) is 11.2 Å². The van der Waals surface area contributed by atoms with Crippen molar-refractivity contribution in [2.45, 2.75) is 6.92 Å². The highest BCUT2D eigenvalue weighted by Crippen LogP contribution is 2.30. The van der Waals surface area contributed by atoms with E-state index in [9.17, 15) is 22.4 Å². The molecule has 0 saturated carbocycles. The van der Waals surface area contributed by atoms with Crippen molar-refractivity contribution in [2.24, 2.45) is 10.1 Å². The Morgan fingerprint density at radius 1 is 1.21 bits per heavy atom. The lowest BCUT2D eigenvalue weighted by atomic mass is 10.1. The van der Waals surface area contributed by atoms with Crippen molar-refractivity contribution in [1.82, 2.24) is 5.01 Å². The van der Waals surface area contributed by atoms with E-state index in [1.807, 2.05) is 0 Å². The van der Waals surface area contributed by atoms with Gasteiger partial charge < -0.3 is 4.74 Å². The molecule has 12 heteroatoms. The van der Waals surface area contributed by atoms with Gasteiger partial charge in [0.25, 0.3) is 5.91 Å². The van der Waals surface area contributed by atoms with Crippen molar-refractivity contribution in [3.8, 4) is 5.75 Å². The van der Waals surface area contributed by atoms with Crippen LogP contribution in [0.3, 0.4) is 0 Å². The van der Waals surface area contributed by atoms with Crippen molar-refractivity contribution in [3.63, 3.8) is 0 Å². The van der Waals surface area contributed by atoms with E-state index >= 15 is 0 Å². The molecule has 2 aliphatic rings. The topological polar surface area (TPSA) is 129 Å². The summed E-state index contributed by atoms with van der Waals surface area (Å²) < 4.78 is 42.8. The number of amidine groups is 2. The SMILES string of the molecule is CCS(=O)(=O)C1=NN2C(=N)/C(=C/c3ccc(OC(=O)c4ccccc4F)cc3)C(=O)N=C2S1. The van der Waals surface area contributed by atoms with Crippen LogP contribution >= 0.6 is 11.8 Å². The van der Waals surface area contributed by atoms with Crippen molar-refractivity contribution < 1.29 is 27.1 Å². The Morgan fingerprint density at radius 3 is 2.58 bits per heavy atom. The van der Waals surface area contributed by atoms with Gasteiger partial charge in [0.1, 0.15) is 11.6 Å². The summed E-state index contributed by atoms with van der Waals surface area (Å²) in [5.74, 6) is -2.58. The first-order valence-corrected chi connectivity index (χ1v) is 12.0. The molecule has 2 aromatic carbocycles. The van der Waals surface area contributed by atoms with Gasteiger partial charge in [-0.2, -0.15) is 10.0 Å². The number of hydrazone groups is 1. The fourth-order valence-electron chi connectivity index (χ4n) is 2.81. The maximum atomic E-state index is 13.7. The number of sulfone groups is 1. The average Bonchev–Trinajstić information content (AvgIpc) is 3.23. The van der Waals surface area contributed by atoms with E-state index in [1.165, 1.54) is 55.5 Å². The number of rotatable bonds is 4. The number of carbonyl (C=O) groups is 2. The lowest BCUT2D eigenvalue weighted by Gasteiger charge is -2.20. The van der Waals surface area contributed by atoms with E-state index in [1.54, 1.807) is 0 Å². The standard InChI is InChI=1S/C21H15FN4O5S2/c1-2-33(29,30)21-25-26-17(23)15(18(27)24-20(26)32-21)11-12-7-9-13(10-8-12)31-19(28)14-5-3-4-6-16(14)22/h3-11,23H,2H2,1H3/b15-11-,23-17?. The fourth-order valence-corrected chi connectivity index (χ4v) is 4.98. The van der Waals surface area contributed by atoms with Crippen molar-refractivity contribution in [2.75, 3.05) is 5.75 Å². The summed E-state index contributed by atoms with van der Waals surface area (Å²) in [6.07, 6.45) is 1.39. The molecule has 0 atom stereocenters. The zero-order valence-corrected chi connectivity index (χ0v) is 18.6. The predicted molar refractivity (Wildman–Crippen MR) is 122 cm³/mol. The average molecular weight is 487 g/mol. The molecule has 33 heavy (non-hydrogen) atoms. The second-order valence-electron chi connectivity index (χ2n) is 6.73. The number of esters is 1. The van der Waals surface area contributed by atoms with Crippen LogP contribution in [-0.2, 0) is 14.6 Å². The second-order valence-corrected chi connectivity index (χ2v) is 10.1. The summed E-state index contributed by atoms with van der Waals surface area (Å²) in [5, 5.41) is 13.2. The van der Waals surface area contributed by atoms with E-state index in [-0.39, 0.29) is 38.0 Å². The Morgan fingerprint density at radius 2 is 1.91 bits per heavy atom. The van der Waals surface area contributed by atoms with Crippen LogP contribution < -0.4 is 4.74 Å². The molecule has 0 unspecified atom stereocenters. The third-order valence-corrected chi connectivity index (χ3v) is 7.67. The molecule has 0 aromatic heterocycles. The van der Waals surface area contributed by atoms with E-state index < -0.39 is 27.5 Å². The Labute approximate surface area is 192 Å². The normalized spacial score (nSPS) is 17.0. The van der Waals surface area contributed by atoms with Crippen LogP contribution in [-0.4, -0.2) is 46.4 Å². The van der Waals surface area contributed by atoms with Gasteiger partial charge in [0.05, 0.1) is 16.9 Å². The van der Waals surface area contributed by atoms with Gasteiger partial charge in [-0.25, -0.2) is 17.6 Å². The van der Waals surface area contributed by atoms with Gasteiger partial charge in [0.15, 0.2) is 5.84 Å². The molecule has 2 heterocycles. The quantitative estimate of drug-likeness (QED) is 0.399. The first-order chi connectivity index (χ1) is 15.7. The van der Waals surface area contributed by atoms with Gasteiger partial charge in [-0.1, -0.05) is 31.2 Å². The Bertz CT molecular complexity index is 1380. The van der Waals surface area contributed by atoms with Crippen LogP contribution in [0.1, 0.15) is 22.8 Å². The molecule has 2 aromatic rings. The first-order valence-electron chi connectivity index (χ1n) is 9.49. The molecule has 1 amide bonds. The molecule has 9 nitrogen and oxygen atoms in total. The first kappa shape index (κ1) is 22.6. The van der Waals surface area contributed by atoms with Crippen LogP contribution in [0.4, 0.5) is 4.39 Å². The summed E-state index contributed by atoms with van der Waals surface area (Å²) >= 11 is 0.723. The van der Waals surface area contributed by atoms with Crippen molar-refractivity contribution >= 4 is 54.9 Å². The van der Waals surface area contributed by atoms with Crippen LogP contribution in [0.2, 0.25) is 0 Å². The lowest BCUT2D eigenvalue weighted by Crippen LogP contribution is -2.35. The minimum atomic E-state index is -3.61. The van der Waals surface area contributed by atoms with Crippen LogP contribution in [0.15, 0.2) is 64.2 Å².